The molecule has 1 aromatic heterocycles. The zero-order valence-corrected chi connectivity index (χ0v) is 20.1. The highest BCUT2D eigenvalue weighted by Crippen LogP contribution is 2.27. The number of aryl methyl sites for hydroxylation is 3. The van der Waals surface area contributed by atoms with Gasteiger partial charge in [0, 0.05) is 44.1 Å². The minimum absolute atomic E-state index is 0.263. The molecule has 0 N–H and O–H groups in total. The van der Waals surface area contributed by atoms with Gasteiger partial charge in [-0.05, 0) is 56.0 Å². The van der Waals surface area contributed by atoms with Crippen LogP contribution in [0.1, 0.15) is 34.5 Å². The molecule has 0 saturated carbocycles. The van der Waals surface area contributed by atoms with Crippen LogP contribution in [-0.2, 0) is 16.4 Å². The molecule has 0 bridgehead atoms. The van der Waals surface area contributed by atoms with E-state index in [1.54, 1.807) is 16.4 Å². The second kappa shape index (κ2) is 9.25. The summed E-state index contributed by atoms with van der Waals surface area (Å²) in [6, 6.07) is 10.2. The minimum atomic E-state index is -3.56. The van der Waals surface area contributed by atoms with Crippen molar-refractivity contribution in [2.45, 2.75) is 38.5 Å². The fraction of sp³-hybridized carbons (Fsp3) is 0.391. The SMILES string of the molecule is Cc1cc(C)c(S(=O)(=O)N2CCCN(c3nc(Cc4ccc(F)cc4)ns3)CC2)c(C)c1. The zero-order chi connectivity index (χ0) is 22.9. The minimum Gasteiger partial charge on any atom is -0.345 e. The Balaban J connectivity index is 1.47. The van der Waals surface area contributed by atoms with Gasteiger partial charge in [0.25, 0.3) is 0 Å². The van der Waals surface area contributed by atoms with Gasteiger partial charge in [0.2, 0.25) is 15.2 Å². The summed E-state index contributed by atoms with van der Waals surface area (Å²) in [5.74, 6) is 0.428. The Kier molecular flexibility index (Phi) is 6.60. The maximum absolute atomic E-state index is 13.4. The van der Waals surface area contributed by atoms with Crippen molar-refractivity contribution in [2.24, 2.45) is 0 Å². The second-order valence-electron chi connectivity index (χ2n) is 8.27. The summed E-state index contributed by atoms with van der Waals surface area (Å²) in [4.78, 5) is 7.18. The molecule has 9 heteroatoms. The van der Waals surface area contributed by atoms with Crippen LogP contribution in [0.2, 0.25) is 0 Å². The molecule has 0 aliphatic carbocycles. The predicted octanol–water partition coefficient (Wildman–Crippen LogP) is 4.09. The third-order valence-electron chi connectivity index (χ3n) is 5.66. The highest BCUT2D eigenvalue weighted by molar-refractivity contribution is 7.89. The van der Waals surface area contributed by atoms with Crippen molar-refractivity contribution in [1.29, 1.82) is 0 Å². The molecule has 2 aromatic carbocycles. The predicted molar refractivity (Wildman–Crippen MR) is 125 cm³/mol. The molecule has 6 nitrogen and oxygen atoms in total. The van der Waals surface area contributed by atoms with Crippen LogP contribution in [-0.4, -0.2) is 48.3 Å². The lowest BCUT2D eigenvalue weighted by atomic mass is 10.1. The lowest BCUT2D eigenvalue weighted by molar-refractivity contribution is 0.432. The molecule has 0 spiro atoms. The maximum atomic E-state index is 13.4. The Morgan fingerprint density at radius 2 is 1.69 bits per heavy atom. The summed E-state index contributed by atoms with van der Waals surface area (Å²) in [6.45, 7) is 7.88. The molecule has 0 amide bonds. The second-order valence-corrected chi connectivity index (χ2v) is 10.9. The van der Waals surface area contributed by atoms with E-state index in [4.69, 9.17) is 0 Å². The van der Waals surface area contributed by atoms with Crippen molar-refractivity contribution in [2.75, 3.05) is 31.1 Å². The molecule has 170 valence electrons. The lowest BCUT2D eigenvalue weighted by Crippen LogP contribution is -2.36. The van der Waals surface area contributed by atoms with E-state index in [-0.39, 0.29) is 5.82 Å². The third-order valence-corrected chi connectivity index (χ3v) is 8.68. The van der Waals surface area contributed by atoms with Crippen LogP contribution in [0.4, 0.5) is 9.52 Å². The first-order chi connectivity index (χ1) is 15.2. The van der Waals surface area contributed by atoms with E-state index in [2.05, 4.69) is 14.3 Å². The number of anilines is 1. The zero-order valence-electron chi connectivity index (χ0n) is 18.5. The summed E-state index contributed by atoms with van der Waals surface area (Å²) >= 11 is 1.32. The van der Waals surface area contributed by atoms with E-state index in [1.165, 1.54) is 23.7 Å². The molecule has 32 heavy (non-hydrogen) atoms. The molecule has 0 atom stereocenters. The fourth-order valence-corrected chi connectivity index (χ4v) is 6.88. The molecule has 1 fully saturated rings. The van der Waals surface area contributed by atoms with E-state index in [9.17, 15) is 12.8 Å². The van der Waals surface area contributed by atoms with Gasteiger partial charge in [0.15, 0.2) is 0 Å². The first-order valence-corrected chi connectivity index (χ1v) is 12.9. The monoisotopic (exact) mass is 474 g/mol. The number of benzene rings is 2. The van der Waals surface area contributed by atoms with Gasteiger partial charge in [-0.25, -0.2) is 17.8 Å². The Bertz CT molecular complexity index is 1190. The molecular formula is C23H27FN4O2S2. The fourth-order valence-electron chi connectivity index (χ4n) is 4.26. The van der Waals surface area contributed by atoms with Crippen LogP contribution < -0.4 is 4.90 Å². The topological polar surface area (TPSA) is 66.4 Å². The van der Waals surface area contributed by atoms with Gasteiger partial charge in [-0.2, -0.15) is 8.68 Å². The smallest absolute Gasteiger partial charge is 0.243 e. The highest BCUT2D eigenvalue weighted by atomic mass is 32.2. The van der Waals surface area contributed by atoms with E-state index in [0.29, 0.717) is 36.8 Å². The standard InChI is InChI=1S/C23H27FN4O2S2/c1-16-13-17(2)22(18(3)14-16)32(29,30)28-10-4-9-27(11-12-28)23-25-21(26-31-23)15-19-5-7-20(24)8-6-19/h5-8,13-14H,4,9-12,15H2,1-3H3. The number of sulfonamides is 1. The van der Waals surface area contributed by atoms with Crippen LogP contribution >= 0.6 is 11.5 Å². The molecule has 4 rings (SSSR count). The summed E-state index contributed by atoms with van der Waals surface area (Å²) in [7, 11) is -3.56. The van der Waals surface area contributed by atoms with Gasteiger partial charge in [0.05, 0.1) is 4.90 Å². The number of hydrogen-bond acceptors (Lipinski definition) is 6. The highest BCUT2D eigenvalue weighted by Gasteiger charge is 2.30. The van der Waals surface area contributed by atoms with Crippen LogP contribution in [0.3, 0.4) is 0 Å². The third kappa shape index (κ3) is 4.84. The lowest BCUT2D eigenvalue weighted by Gasteiger charge is -2.23. The number of nitrogens with zero attached hydrogens (tertiary/aromatic N) is 4. The normalized spacial score (nSPS) is 15.7. The van der Waals surface area contributed by atoms with E-state index in [0.717, 1.165) is 40.4 Å². The van der Waals surface area contributed by atoms with Crippen molar-refractivity contribution in [3.63, 3.8) is 0 Å². The largest absolute Gasteiger partial charge is 0.345 e. The first-order valence-electron chi connectivity index (χ1n) is 10.6. The van der Waals surface area contributed by atoms with Crippen LogP contribution in [0.5, 0.6) is 0 Å². The summed E-state index contributed by atoms with van der Waals surface area (Å²) in [6.07, 6.45) is 1.26. The molecule has 3 aromatic rings. The van der Waals surface area contributed by atoms with Crippen molar-refractivity contribution < 1.29 is 12.8 Å². The van der Waals surface area contributed by atoms with Crippen molar-refractivity contribution >= 4 is 26.7 Å². The van der Waals surface area contributed by atoms with Crippen LogP contribution in [0, 0.1) is 26.6 Å². The molecule has 1 saturated heterocycles. The molecular weight excluding hydrogens is 447 g/mol. The number of aromatic nitrogens is 2. The average molecular weight is 475 g/mol. The molecule has 1 aliphatic heterocycles. The van der Waals surface area contributed by atoms with Gasteiger partial charge in [-0.15, -0.1) is 0 Å². The Hall–Kier alpha value is -2.36. The average Bonchev–Trinajstić information content (AvgIpc) is 3.02. The Labute approximate surface area is 192 Å². The summed E-state index contributed by atoms with van der Waals surface area (Å²) < 4.78 is 46.0. The number of hydrogen-bond donors (Lipinski definition) is 0. The molecule has 2 heterocycles. The molecule has 0 unspecified atom stereocenters. The van der Waals surface area contributed by atoms with E-state index in [1.807, 2.05) is 32.9 Å². The Morgan fingerprint density at radius 3 is 2.38 bits per heavy atom. The van der Waals surface area contributed by atoms with Gasteiger partial charge in [0.1, 0.15) is 11.6 Å². The van der Waals surface area contributed by atoms with Crippen molar-refractivity contribution in [3.05, 3.63) is 70.3 Å². The summed E-state index contributed by atoms with van der Waals surface area (Å²) in [5.41, 5.74) is 3.60. The van der Waals surface area contributed by atoms with Crippen LogP contribution in [0.25, 0.3) is 0 Å². The van der Waals surface area contributed by atoms with Gasteiger partial charge in [-0.3, -0.25) is 0 Å². The molecule has 1 aliphatic rings. The van der Waals surface area contributed by atoms with Gasteiger partial charge < -0.3 is 4.90 Å². The number of rotatable bonds is 5. The van der Waals surface area contributed by atoms with Crippen LogP contribution in [0.15, 0.2) is 41.3 Å². The Morgan fingerprint density at radius 1 is 1.00 bits per heavy atom. The van der Waals surface area contributed by atoms with E-state index >= 15 is 0 Å². The first kappa shape index (κ1) is 22.8. The quantitative estimate of drug-likeness (QED) is 0.557. The van der Waals surface area contributed by atoms with Crippen molar-refractivity contribution in [3.8, 4) is 0 Å². The maximum Gasteiger partial charge on any atom is 0.243 e. The molecule has 0 radical (unpaired) electrons. The van der Waals surface area contributed by atoms with Gasteiger partial charge >= 0.3 is 0 Å². The number of halogens is 1. The summed E-state index contributed by atoms with van der Waals surface area (Å²) in [5, 5.41) is 0.795. The van der Waals surface area contributed by atoms with Gasteiger partial charge in [-0.1, -0.05) is 29.8 Å². The van der Waals surface area contributed by atoms with E-state index < -0.39 is 10.0 Å². The van der Waals surface area contributed by atoms with Crippen molar-refractivity contribution in [1.82, 2.24) is 13.7 Å².